The van der Waals surface area contributed by atoms with E-state index in [9.17, 15) is 0 Å². The molecule has 0 atom stereocenters. The molecular formula is C6H11NO. The van der Waals surface area contributed by atoms with Crippen molar-refractivity contribution in [3.63, 3.8) is 0 Å². The molecule has 0 bridgehead atoms. The van der Waals surface area contributed by atoms with Gasteiger partial charge in [0.2, 0.25) is 0 Å². The summed E-state index contributed by atoms with van der Waals surface area (Å²) in [6.07, 6.45) is 4.33. The van der Waals surface area contributed by atoms with Crippen molar-refractivity contribution in [3.05, 3.63) is 0 Å². The van der Waals surface area contributed by atoms with Crippen LogP contribution in [-0.4, -0.2) is 12.8 Å². The van der Waals surface area contributed by atoms with Crippen LogP contribution in [0.2, 0.25) is 0 Å². The maximum atomic E-state index is 4.88. The third-order valence-corrected chi connectivity index (χ3v) is 1.19. The zero-order valence-electron chi connectivity index (χ0n) is 5.13. The predicted octanol–water partition coefficient (Wildman–Crippen LogP) is 1.42. The van der Waals surface area contributed by atoms with Gasteiger partial charge in [-0.15, -0.1) is 0 Å². The molecule has 2 nitrogen and oxygen atoms in total. The topological polar surface area (TPSA) is 21.6 Å². The largest absolute Gasteiger partial charge is 0.396 e. The van der Waals surface area contributed by atoms with Gasteiger partial charge in [0.1, 0.15) is 6.61 Å². The van der Waals surface area contributed by atoms with Crippen LogP contribution in [0.5, 0.6) is 0 Å². The first kappa shape index (κ1) is 5.60. The Kier molecular flexibility index (Phi) is 1.89. The summed E-state index contributed by atoms with van der Waals surface area (Å²) in [7, 11) is 0. The van der Waals surface area contributed by atoms with Crippen molar-refractivity contribution >= 4 is 6.21 Å². The molecule has 1 aliphatic rings. The van der Waals surface area contributed by atoms with Gasteiger partial charge >= 0.3 is 0 Å². The summed E-state index contributed by atoms with van der Waals surface area (Å²) in [5.74, 6) is 0.818. The van der Waals surface area contributed by atoms with E-state index in [-0.39, 0.29) is 0 Å². The van der Waals surface area contributed by atoms with E-state index in [1.807, 2.05) is 6.92 Å². The van der Waals surface area contributed by atoms with Crippen molar-refractivity contribution in [2.75, 3.05) is 6.61 Å². The maximum Gasteiger partial charge on any atom is 0.120 e. The van der Waals surface area contributed by atoms with Gasteiger partial charge < -0.3 is 4.84 Å². The first-order valence-electron chi connectivity index (χ1n) is 3.03. The predicted molar refractivity (Wildman–Crippen MR) is 32.8 cm³/mol. The van der Waals surface area contributed by atoms with Gasteiger partial charge in [-0.2, -0.15) is 0 Å². The fourth-order valence-corrected chi connectivity index (χ4v) is 0.507. The smallest absolute Gasteiger partial charge is 0.120 e. The molecule has 1 fully saturated rings. The maximum absolute atomic E-state index is 4.88. The SMILES string of the molecule is CC=NOCC1CC1. The quantitative estimate of drug-likeness (QED) is 0.400. The first-order chi connectivity index (χ1) is 3.93. The Balaban J connectivity index is 1.88. The summed E-state index contributed by atoms with van der Waals surface area (Å²) in [5.41, 5.74) is 0. The number of rotatable bonds is 3. The van der Waals surface area contributed by atoms with Crippen LogP contribution >= 0.6 is 0 Å². The third-order valence-electron chi connectivity index (χ3n) is 1.19. The lowest BCUT2D eigenvalue weighted by atomic mass is 10.5. The number of oxime groups is 1. The minimum Gasteiger partial charge on any atom is -0.396 e. The van der Waals surface area contributed by atoms with Gasteiger partial charge in [0.15, 0.2) is 0 Å². The number of hydrogen-bond donors (Lipinski definition) is 0. The average Bonchev–Trinajstić information content (AvgIpc) is 2.51. The van der Waals surface area contributed by atoms with Crippen LogP contribution in [0.1, 0.15) is 19.8 Å². The van der Waals surface area contributed by atoms with E-state index in [4.69, 9.17) is 4.84 Å². The molecule has 2 heteroatoms. The van der Waals surface area contributed by atoms with Gasteiger partial charge in [-0.05, 0) is 25.7 Å². The van der Waals surface area contributed by atoms with Gasteiger partial charge in [-0.25, -0.2) is 0 Å². The fraction of sp³-hybridized carbons (Fsp3) is 0.833. The van der Waals surface area contributed by atoms with Gasteiger partial charge in [0, 0.05) is 6.21 Å². The minimum atomic E-state index is 0.818. The van der Waals surface area contributed by atoms with Crippen LogP contribution in [0.25, 0.3) is 0 Å². The first-order valence-corrected chi connectivity index (χ1v) is 3.03. The highest BCUT2D eigenvalue weighted by atomic mass is 16.6. The van der Waals surface area contributed by atoms with Gasteiger partial charge in [-0.1, -0.05) is 5.16 Å². The Morgan fingerprint density at radius 2 is 2.50 bits per heavy atom. The highest BCUT2D eigenvalue weighted by molar-refractivity contribution is 5.52. The molecule has 0 amide bonds. The van der Waals surface area contributed by atoms with E-state index < -0.39 is 0 Å². The van der Waals surface area contributed by atoms with Crippen LogP contribution in [0.3, 0.4) is 0 Å². The Hall–Kier alpha value is -0.530. The molecule has 0 spiro atoms. The molecule has 1 rings (SSSR count). The summed E-state index contributed by atoms with van der Waals surface area (Å²) in [5, 5.41) is 3.63. The Labute approximate surface area is 49.5 Å². The van der Waals surface area contributed by atoms with E-state index in [1.54, 1.807) is 6.21 Å². The molecule has 0 aromatic rings. The van der Waals surface area contributed by atoms with E-state index in [2.05, 4.69) is 5.16 Å². The Morgan fingerprint density at radius 3 is 3.00 bits per heavy atom. The van der Waals surface area contributed by atoms with Gasteiger partial charge in [0.25, 0.3) is 0 Å². The zero-order chi connectivity index (χ0) is 5.82. The molecule has 1 aliphatic carbocycles. The Bertz CT molecular complexity index is 86.5. The molecular weight excluding hydrogens is 102 g/mol. The lowest BCUT2D eigenvalue weighted by molar-refractivity contribution is 0.135. The van der Waals surface area contributed by atoms with Crippen LogP contribution in [0.15, 0.2) is 5.16 Å². The molecule has 0 aliphatic heterocycles. The monoisotopic (exact) mass is 113 g/mol. The second-order valence-electron chi connectivity index (χ2n) is 2.10. The second kappa shape index (κ2) is 2.70. The molecule has 0 aromatic carbocycles. The van der Waals surface area contributed by atoms with Crippen LogP contribution in [0.4, 0.5) is 0 Å². The van der Waals surface area contributed by atoms with E-state index in [0.29, 0.717) is 0 Å². The second-order valence-corrected chi connectivity index (χ2v) is 2.10. The van der Waals surface area contributed by atoms with E-state index in [0.717, 1.165) is 12.5 Å². The highest BCUT2D eigenvalue weighted by Crippen LogP contribution is 2.28. The molecule has 1 saturated carbocycles. The van der Waals surface area contributed by atoms with Crippen molar-refractivity contribution in [1.82, 2.24) is 0 Å². The molecule has 46 valence electrons. The molecule has 0 radical (unpaired) electrons. The van der Waals surface area contributed by atoms with Gasteiger partial charge in [-0.3, -0.25) is 0 Å². The van der Waals surface area contributed by atoms with Crippen LogP contribution < -0.4 is 0 Å². The zero-order valence-corrected chi connectivity index (χ0v) is 5.13. The standard InChI is InChI=1S/C6H11NO/c1-2-7-8-5-6-3-4-6/h2,6H,3-5H2,1H3. The number of hydrogen-bond acceptors (Lipinski definition) is 2. The van der Waals surface area contributed by atoms with E-state index >= 15 is 0 Å². The van der Waals surface area contributed by atoms with Crippen molar-refractivity contribution in [3.8, 4) is 0 Å². The minimum absolute atomic E-state index is 0.818. The van der Waals surface area contributed by atoms with Crippen LogP contribution in [-0.2, 0) is 4.84 Å². The van der Waals surface area contributed by atoms with E-state index in [1.165, 1.54) is 12.8 Å². The van der Waals surface area contributed by atoms with Crippen molar-refractivity contribution < 1.29 is 4.84 Å². The Morgan fingerprint density at radius 1 is 1.75 bits per heavy atom. The summed E-state index contributed by atoms with van der Waals surface area (Å²) in [4.78, 5) is 4.88. The molecule has 8 heavy (non-hydrogen) atoms. The normalized spacial score (nSPS) is 19.6. The molecule has 0 saturated heterocycles. The number of nitrogens with zero attached hydrogens (tertiary/aromatic N) is 1. The summed E-state index contributed by atoms with van der Waals surface area (Å²) >= 11 is 0. The summed E-state index contributed by atoms with van der Waals surface area (Å²) in [6.45, 7) is 2.68. The molecule has 0 N–H and O–H groups in total. The lowest BCUT2D eigenvalue weighted by Crippen LogP contribution is -1.87. The van der Waals surface area contributed by atoms with Crippen molar-refractivity contribution in [2.45, 2.75) is 19.8 Å². The lowest BCUT2D eigenvalue weighted by Gasteiger charge is -1.91. The molecule has 0 unspecified atom stereocenters. The third kappa shape index (κ3) is 1.96. The van der Waals surface area contributed by atoms with Crippen molar-refractivity contribution in [2.24, 2.45) is 11.1 Å². The summed E-state index contributed by atoms with van der Waals surface area (Å²) in [6, 6.07) is 0. The molecule has 0 aromatic heterocycles. The summed E-state index contributed by atoms with van der Waals surface area (Å²) < 4.78 is 0. The van der Waals surface area contributed by atoms with Crippen LogP contribution in [0, 0.1) is 5.92 Å². The average molecular weight is 113 g/mol. The van der Waals surface area contributed by atoms with Gasteiger partial charge in [0.05, 0.1) is 0 Å². The van der Waals surface area contributed by atoms with Crippen molar-refractivity contribution in [1.29, 1.82) is 0 Å². The fourth-order valence-electron chi connectivity index (χ4n) is 0.507. The molecule has 0 heterocycles. The highest BCUT2D eigenvalue weighted by Gasteiger charge is 2.21.